The SMILES string of the molecule is CC(O)CN(C)C(=O)CN1CCCNCC1. The molecule has 0 spiro atoms. The van der Waals surface area contributed by atoms with Crippen LogP contribution in [-0.2, 0) is 4.79 Å². The maximum Gasteiger partial charge on any atom is 0.236 e. The molecule has 5 nitrogen and oxygen atoms in total. The monoisotopic (exact) mass is 229 g/mol. The van der Waals surface area contributed by atoms with Crippen LogP contribution in [-0.4, -0.2) is 73.2 Å². The summed E-state index contributed by atoms with van der Waals surface area (Å²) in [6.45, 7) is 6.45. The van der Waals surface area contributed by atoms with Crippen molar-refractivity contribution in [2.24, 2.45) is 0 Å². The Morgan fingerprint density at radius 2 is 2.25 bits per heavy atom. The molecule has 1 aliphatic heterocycles. The summed E-state index contributed by atoms with van der Waals surface area (Å²) in [5, 5.41) is 12.5. The largest absolute Gasteiger partial charge is 0.392 e. The Bertz CT molecular complexity index is 213. The van der Waals surface area contributed by atoms with E-state index in [1.807, 2.05) is 0 Å². The zero-order chi connectivity index (χ0) is 12.0. The Morgan fingerprint density at radius 3 is 2.94 bits per heavy atom. The molecule has 1 rings (SSSR count). The van der Waals surface area contributed by atoms with E-state index in [0.29, 0.717) is 13.1 Å². The number of aliphatic hydroxyl groups excluding tert-OH is 1. The maximum absolute atomic E-state index is 11.8. The van der Waals surface area contributed by atoms with E-state index in [0.717, 1.165) is 32.6 Å². The van der Waals surface area contributed by atoms with Crippen molar-refractivity contribution in [2.75, 3.05) is 46.3 Å². The first-order valence-electron chi connectivity index (χ1n) is 5.94. The molecule has 0 saturated carbocycles. The third-order valence-electron chi connectivity index (χ3n) is 2.76. The molecular weight excluding hydrogens is 206 g/mol. The number of nitrogens with one attached hydrogen (secondary N) is 1. The molecule has 0 aromatic carbocycles. The molecule has 1 amide bonds. The summed E-state index contributed by atoms with van der Waals surface area (Å²) < 4.78 is 0. The van der Waals surface area contributed by atoms with E-state index in [1.165, 1.54) is 0 Å². The molecule has 1 aliphatic rings. The van der Waals surface area contributed by atoms with Crippen molar-refractivity contribution in [3.05, 3.63) is 0 Å². The van der Waals surface area contributed by atoms with Crippen molar-refractivity contribution >= 4 is 5.91 Å². The van der Waals surface area contributed by atoms with E-state index in [9.17, 15) is 9.90 Å². The van der Waals surface area contributed by atoms with Gasteiger partial charge in [0.1, 0.15) is 0 Å². The van der Waals surface area contributed by atoms with E-state index in [4.69, 9.17) is 0 Å². The first-order valence-corrected chi connectivity index (χ1v) is 5.94. The van der Waals surface area contributed by atoms with Gasteiger partial charge >= 0.3 is 0 Å². The molecule has 1 atom stereocenters. The van der Waals surface area contributed by atoms with E-state index in [2.05, 4.69) is 10.2 Å². The van der Waals surface area contributed by atoms with Crippen LogP contribution in [0.25, 0.3) is 0 Å². The summed E-state index contributed by atoms with van der Waals surface area (Å²) >= 11 is 0. The van der Waals surface area contributed by atoms with Crippen molar-refractivity contribution in [3.8, 4) is 0 Å². The van der Waals surface area contributed by atoms with Crippen molar-refractivity contribution in [1.29, 1.82) is 0 Å². The highest BCUT2D eigenvalue weighted by atomic mass is 16.3. The number of aliphatic hydroxyl groups is 1. The van der Waals surface area contributed by atoms with Gasteiger partial charge in [0.05, 0.1) is 12.6 Å². The van der Waals surface area contributed by atoms with Gasteiger partial charge in [-0.3, -0.25) is 9.69 Å². The molecule has 1 saturated heterocycles. The lowest BCUT2D eigenvalue weighted by molar-refractivity contribution is -0.132. The van der Waals surface area contributed by atoms with Gasteiger partial charge in [-0.15, -0.1) is 0 Å². The highest BCUT2D eigenvalue weighted by Crippen LogP contribution is 1.97. The first-order chi connectivity index (χ1) is 7.59. The van der Waals surface area contributed by atoms with E-state index < -0.39 is 6.10 Å². The molecule has 0 aromatic rings. The zero-order valence-corrected chi connectivity index (χ0v) is 10.3. The van der Waals surface area contributed by atoms with Crippen molar-refractivity contribution in [3.63, 3.8) is 0 Å². The summed E-state index contributed by atoms with van der Waals surface area (Å²) in [5.74, 6) is 0.0859. The van der Waals surface area contributed by atoms with Crippen LogP contribution >= 0.6 is 0 Å². The van der Waals surface area contributed by atoms with Crippen LogP contribution in [0.4, 0.5) is 0 Å². The smallest absolute Gasteiger partial charge is 0.236 e. The second-order valence-corrected chi connectivity index (χ2v) is 4.50. The van der Waals surface area contributed by atoms with Gasteiger partial charge in [-0.2, -0.15) is 0 Å². The van der Waals surface area contributed by atoms with Crippen molar-refractivity contribution < 1.29 is 9.90 Å². The van der Waals surface area contributed by atoms with Crippen LogP contribution in [0.3, 0.4) is 0 Å². The summed E-state index contributed by atoms with van der Waals surface area (Å²) in [6.07, 6.45) is 0.632. The first kappa shape index (κ1) is 13.4. The molecule has 5 heteroatoms. The number of hydrogen-bond donors (Lipinski definition) is 2. The molecule has 16 heavy (non-hydrogen) atoms. The molecule has 0 radical (unpaired) electrons. The molecule has 0 aliphatic carbocycles. The summed E-state index contributed by atoms with van der Waals surface area (Å²) in [4.78, 5) is 15.6. The Hall–Kier alpha value is -0.650. The Balaban J connectivity index is 2.31. The Morgan fingerprint density at radius 1 is 1.50 bits per heavy atom. The molecule has 94 valence electrons. The highest BCUT2D eigenvalue weighted by molar-refractivity contribution is 5.78. The predicted octanol–water partition coefficient (Wildman–Crippen LogP) is -0.879. The van der Waals surface area contributed by atoms with Crippen molar-refractivity contribution in [2.45, 2.75) is 19.4 Å². The second kappa shape index (κ2) is 6.83. The number of hydrogen-bond acceptors (Lipinski definition) is 4. The number of rotatable bonds is 4. The van der Waals surface area contributed by atoms with Gasteiger partial charge in [0.25, 0.3) is 0 Å². The second-order valence-electron chi connectivity index (χ2n) is 4.50. The Labute approximate surface area is 97.4 Å². The quantitative estimate of drug-likeness (QED) is 0.657. The lowest BCUT2D eigenvalue weighted by atomic mass is 10.3. The summed E-state index contributed by atoms with van der Waals surface area (Å²) in [7, 11) is 1.74. The highest BCUT2D eigenvalue weighted by Gasteiger charge is 2.16. The van der Waals surface area contributed by atoms with Crippen LogP contribution in [0.5, 0.6) is 0 Å². The molecule has 1 heterocycles. The number of carbonyl (C=O) groups is 1. The fourth-order valence-corrected chi connectivity index (χ4v) is 1.87. The molecule has 1 unspecified atom stereocenters. The van der Waals surface area contributed by atoms with Gasteiger partial charge in [-0.25, -0.2) is 0 Å². The zero-order valence-electron chi connectivity index (χ0n) is 10.3. The number of carbonyl (C=O) groups excluding carboxylic acids is 1. The maximum atomic E-state index is 11.8. The minimum atomic E-state index is -0.459. The molecule has 0 aromatic heterocycles. The third kappa shape index (κ3) is 4.92. The normalized spacial score (nSPS) is 20.2. The van der Waals surface area contributed by atoms with Crippen LogP contribution < -0.4 is 5.32 Å². The fraction of sp³-hybridized carbons (Fsp3) is 0.909. The molecule has 2 N–H and O–H groups in total. The average Bonchev–Trinajstić information content (AvgIpc) is 2.45. The average molecular weight is 229 g/mol. The summed E-state index contributed by atoms with van der Waals surface area (Å²) in [5.41, 5.74) is 0. The van der Waals surface area contributed by atoms with Crippen LogP contribution in [0.15, 0.2) is 0 Å². The van der Waals surface area contributed by atoms with Gasteiger partial charge in [0.2, 0.25) is 5.91 Å². The van der Waals surface area contributed by atoms with Gasteiger partial charge in [0, 0.05) is 26.7 Å². The molecule has 0 bridgehead atoms. The number of likely N-dealkylation sites (N-methyl/N-ethyl adjacent to an activating group) is 1. The third-order valence-corrected chi connectivity index (χ3v) is 2.76. The molecule has 1 fully saturated rings. The minimum absolute atomic E-state index is 0.0859. The van der Waals surface area contributed by atoms with Crippen LogP contribution in [0.2, 0.25) is 0 Å². The Kier molecular flexibility index (Phi) is 5.73. The lowest BCUT2D eigenvalue weighted by Crippen LogP contribution is -2.42. The van der Waals surface area contributed by atoms with Crippen LogP contribution in [0, 0.1) is 0 Å². The number of nitrogens with zero attached hydrogens (tertiary/aromatic N) is 2. The van der Waals surface area contributed by atoms with Gasteiger partial charge in [0.15, 0.2) is 0 Å². The standard InChI is InChI=1S/C11H23N3O2/c1-10(15)8-13(2)11(16)9-14-6-3-4-12-5-7-14/h10,12,15H,3-9H2,1-2H3. The van der Waals surface area contributed by atoms with Gasteiger partial charge in [-0.05, 0) is 26.4 Å². The topological polar surface area (TPSA) is 55.8 Å². The van der Waals surface area contributed by atoms with Crippen molar-refractivity contribution in [1.82, 2.24) is 15.1 Å². The number of amides is 1. The van der Waals surface area contributed by atoms with E-state index in [-0.39, 0.29) is 5.91 Å². The fourth-order valence-electron chi connectivity index (χ4n) is 1.87. The van der Waals surface area contributed by atoms with Gasteiger partial charge in [-0.1, -0.05) is 0 Å². The lowest BCUT2D eigenvalue weighted by Gasteiger charge is -2.24. The van der Waals surface area contributed by atoms with Gasteiger partial charge < -0.3 is 15.3 Å². The van der Waals surface area contributed by atoms with E-state index in [1.54, 1.807) is 18.9 Å². The van der Waals surface area contributed by atoms with E-state index >= 15 is 0 Å². The molecular formula is C11H23N3O2. The predicted molar refractivity (Wildman–Crippen MR) is 63.2 cm³/mol. The summed E-state index contributed by atoms with van der Waals surface area (Å²) in [6, 6.07) is 0. The van der Waals surface area contributed by atoms with Crippen LogP contribution in [0.1, 0.15) is 13.3 Å². The minimum Gasteiger partial charge on any atom is -0.392 e.